The third-order valence-corrected chi connectivity index (χ3v) is 2.44. The Balaban J connectivity index is 2.55. The molecule has 4 nitrogen and oxygen atoms in total. The number of carbonyl (C=O) groups is 1. The normalized spacial score (nSPS) is 10.1. The molecule has 0 aliphatic carbocycles. The first-order valence-corrected chi connectivity index (χ1v) is 5.85. The lowest BCUT2D eigenvalue weighted by molar-refractivity contribution is -0.121. The van der Waals surface area contributed by atoms with Crippen LogP contribution in [-0.2, 0) is 11.2 Å². The van der Waals surface area contributed by atoms with Crippen LogP contribution >= 0.6 is 0 Å². The number of hydrogen-bond acceptors (Lipinski definition) is 3. The van der Waals surface area contributed by atoms with Crippen molar-refractivity contribution in [1.29, 1.82) is 0 Å². The van der Waals surface area contributed by atoms with Crippen LogP contribution in [-0.4, -0.2) is 19.6 Å². The van der Waals surface area contributed by atoms with E-state index in [1.165, 1.54) is 0 Å². The molecule has 4 heteroatoms. The molecule has 1 rings (SSSR count). The molecule has 1 amide bonds. The van der Waals surface area contributed by atoms with Gasteiger partial charge < -0.3 is 4.74 Å². The molecule has 0 heterocycles. The van der Waals surface area contributed by atoms with E-state index in [9.17, 15) is 4.79 Å². The average Bonchev–Trinajstić information content (AvgIpc) is 2.30. The zero-order valence-corrected chi connectivity index (χ0v) is 10.7. The number of amides is 1. The Kier molecular flexibility index (Phi) is 5.49. The van der Waals surface area contributed by atoms with E-state index in [-0.39, 0.29) is 5.91 Å². The monoisotopic (exact) mass is 236 g/mol. The predicted octanol–water partition coefficient (Wildman–Crippen LogP) is 1.58. The first-order valence-electron chi connectivity index (χ1n) is 5.85. The van der Waals surface area contributed by atoms with Gasteiger partial charge in [-0.2, -0.15) is 0 Å². The van der Waals surface area contributed by atoms with Gasteiger partial charge >= 0.3 is 0 Å². The number of hydrazine groups is 1. The molecular formula is C13H20N2O2. The molecule has 0 aliphatic heterocycles. The van der Waals surface area contributed by atoms with Crippen LogP contribution in [0.15, 0.2) is 18.2 Å². The summed E-state index contributed by atoms with van der Waals surface area (Å²) < 4.78 is 5.47. The summed E-state index contributed by atoms with van der Waals surface area (Å²) in [6, 6.07) is 6.03. The van der Waals surface area contributed by atoms with Gasteiger partial charge in [-0.15, -0.1) is 0 Å². The molecule has 1 aromatic carbocycles. The number of benzene rings is 1. The fraction of sp³-hybridized carbons (Fsp3) is 0.462. The molecule has 0 saturated carbocycles. The van der Waals surface area contributed by atoms with Crippen molar-refractivity contribution >= 4 is 5.91 Å². The number of nitrogens with one attached hydrogen (secondary N) is 2. The molecular weight excluding hydrogens is 216 g/mol. The molecule has 0 aromatic heterocycles. The standard InChI is InChI=1S/C13H20N2O2/c1-4-17-12-7-5-11(9-10(12)2)6-8-13(16)15-14-3/h5,7,9,14H,4,6,8H2,1-3H3,(H,15,16). The highest BCUT2D eigenvalue weighted by Crippen LogP contribution is 2.19. The van der Waals surface area contributed by atoms with Gasteiger partial charge in [0.2, 0.25) is 5.91 Å². The van der Waals surface area contributed by atoms with Crippen molar-refractivity contribution in [1.82, 2.24) is 10.9 Å². The van der Waals surface area contributed by atoms with Crippen LogP contribution in [0.25, 0.3) is 0 Å². The lowest BCUT2D eigenvalue weighted by atomic mass is 10.1. The molecule has 0 radical (unpaired) electrons. The number of rotatable bonds is 6. The molecule has 0 spiro atoms. The third kappa shape index (κ3) is 4.44. The van der Waals surface area contributed by atoms with Gasteiger partial charge in [0.25, 0.3) is 0 Å². The summed E-state index contributed by atoms with van der Waals surface area (Å²) in [6.45, 7) is 4.66. The van der Waals surface area contributed by atoms with Crippen molar-refractivity contribution in [2.75, 3.05) is 13.7 Å². The average molecular weight is 236 g/mol. The minimum atomic E-state index is -0.000891. The van der Waals surface area contributed by atoms with E-state index in [0.717, 1.165) is 23.3 Å². The Morgan fingerprint density at radius 3 is 2.76 bits per heavy atom. The third-order valence-electron chi connectivity index (χ3n) is 2.44. The van der Waals surface area contributed by atoms with Gasteiger partial charge in [-0.3, -0.25) is 10.2 Å². The quantitative estimate of drug-likeness (QED) is 0.737. The number of carbonyl (C=O) groups excluding carboxylic acids is 1. The van der Waals surface area contributed by atoms with E-state index in [2.05, 4.69) is 16.9 Å². The second-order valence-corrected chi connectivity index (χ2v) is 3.83. The Morgan fingerprint density at radius 1 is 1.41 bits per heavy atom. The van der Waals surface area contributed by atoms with Crippen LogP contribution in [0.1, 0.15) is 24.5 Å². The van der Waals surface area contributed by atoms with Crippen molar-refractivity contribution in [3.8, 4) is 5.75 Å². The summed E-state index contributed by atoms with van der Waals surface area (Å²) in [7, 11) is 1.68. The summed E-state index contributed by atoms with van der Waals surface area (Å²) >= 11 is 0. The highest BCUT2D eigenvalue weighted by molar-refractivity contribution is 5.75. The first kappa shape index (κ1) is 13.5. The van der Waals surface area contributed by atoms with Gasteiger partial charge in [0.05, 0.1) is 6.61 Å². The van der Waals surface area contributed by atoms with Crippen LogP contribution < -0.4 is 15.6 Å². The van der Waals surface area contributed by atoms with Crippen molar-refractivity contribution in [2.24, 2.45) is 0 Å². The molecule has 0 unspecified atom stereocenters. The minimum Gasteiger partial charge on any atom is -0.494 e. The highest BCUT2D eigenvalue weighted by Gasteiger charge is 2.03. The van der Waals surface area contributed by atoms with Crippen LogP contribution in [0.4, 0.5) is 0 Å². The maximum Gasteiger partial charge on any atom is 0.234 e. The van der Waals surface area contributed by atoms with Crippen LogP contribution in [0.3, 0.4) is 0 Å². The lowest BCUT2D eigenvalue weighted by Crippen LogP contribution is -2.34. The molecule has 2 N–H and O–H groups in total. The summed E-state index contributed by atoms with van der Waals surface area (Å²) in [5.41, 5.74) is 7.43. The lowest BCUT2D eigenvalue weighted by Gasteiger charge is -2.09. The van der Waals surface area contributed by atoms with Crippen molar-refractivity contribution in [3.63, 3.8) is 0 Å². The number of aryl methyl sites for hydroxylation is 2. The van der Waals surface area contributed by atoms with Crippen molar-refractivity contribution < 1.29 is 9.53 Å². The van der Waals surface area contributed by atoms with Gasteiger partial charge in [-0.05, 0) is 37.5 Å². The summed E-state index contributed by atoms with van der Waals surface area (Å²) in [5.74, 6) is 0.912. The van der Waals surface area contributed by atoms with Crippen LogP contribution in [0, 0.1) is 6.92 Å². The van der Waals surface area contributed by atoms with E-state index >= 15 is 0 Å². The van der Waals surface area contributed by atoms with Gasteiger partial charge in [0.15, 0.2) is 0 Å². The molecule has 94 valence electrons. The van der Waals surface area contributed by atoms with E-state index in [4.69, 9.17) is 4.74 Å². The largest absolute Gasteiger partial charge is 0.494 e. The number of hydrogen-bond donors (Lipinski definition) is 2. The Morgan fingerprint density at radius 2 is 2.18 bits per heavy atom. The van der Waals surface area contributed by atoms with E-state index in [1.807, 2.05) is 26.0 Å². The highest BCUT2D eigenvalue weighted by atomic mass is 16.5. The molecule has 0 aliphatic rings. The molecule has 0 saturated heterocycles. The fourth-order valence-electron chi connectivity index (χ4n) is 1.64. The van der Waals surface area contributed by atoms with Gasteiger partial charge in [-0.25, -0.2) is 5.43 Å². The van der Waals surface area contributed by atoms with Crippen LogP contribution in [0.2, 0.25) is 0 Å². The predicted molar refractivity (Wildman–Crippen MR) is 67.9 cm³/mol. The molecule has 0 fully saturated rings. The maximum absolute atomic E-state index is 11.3. The molecule has 17 heavy (non-hydrogen) atoms. The molecule has 0 bridgehead atoms. The smallest absolute Gasteiger partial charge is 0.234 e. The van der Waals surface area contributed by atoms with E-state index < -0.39 is 0 Å². The Bertz CT molecular complexity index is 378. The maximum atomic E-state index is 11.3. The summed E-state index contributed by atoms with van der Waals surface area (Å²) in [6.07, 6.45) is 1.22. The van der Waals surface area contributed by atoms with Crippen molar-refractivity contribution in [2.45, 2.75) is 26.7 Å². The SMILES string of the molecule is CCOc1ccc(CCC(=O)NNC)cc1C. The molecule has 0 atom stereocenters. The summed E-state index contributed by atoms with van der Waals surface area (Å²) in [4.78, 5) is 11.3. The van der Waals surface area contributed by atoms with Gasteiger partial charge in [0, 0.05) is 13.5 Å². The van der Waals surface area contributed by atoms with Gasteiger partial charge in [-0.1, -0.05) is 12.1 Å². The van der Waals surface area contributed by atoms with Crippen molar-refractivity contribution in [3.05, 3.63) is 29.3 Å². The topological polar surface area (TPSA) is 50.4 Å². The minimum absolute atomic E-state index is 0.000891. The zero-order chi connectivity index (χ0) is 12.7. The number of ether oxygens (including phenoxy) is 1. The van der Waals surface area contributed by atoms with E-state index in [0.29, 0.717) is 13.0 Å². The second-order valence-electron chi connectivity index (χ2n) is 3.83. The van der Waals surface area contributed by atoms with Gasteiger partial charge in [0.1, 0.15) is 5.75 Å². The Hall–Kier alpha value is -1.55. The summed E-state index contributed by atoms with van der Waals surface area (Å²) in [5, 5.41) is 0. The van der Waals surface area contributed by atoms with Crippen LogP contribution in [0.5, 0.6) is 5.75 Å². The Labute approximate surface area is 102 Å². The first-order chi connectivity index (χ1) is 8.17. The zero-order valence-electron chi connectivity index (χ0n) is 10.7. The molecule has 1 aromatic rings. The second kappa shape index (κ2) is 6.91. The van der Waals surface area contributed by atoms with E-state index in [1.54, 1.807) is 7.05 Å². The fourth-order valence-corrected chi connectivity index (χ4v) is 1.64.